The van der Waals surface area contributed by atoms with Gasteiger partial charge in [-0.1, -0.05) is 30.3 Å². The molecule has 2 aromatic rings. The molecule has 0 amide bonds. The van der Waals surface area contributed by atoms with E-state index in [0.29, 0.717) is 10.6 Å². The van der Waals surface area contributed by atoms with Gasteiger partial charge >= 0.3 is 5.97 Å². The van der Waals surface area contributed by atoms with Gasteiger partial charge in [-0.05, 0) is 11.6 Å². The maximum atomic E-state index is 11.7. The van der Waals surface area contributed by atoms with Crippen LogP contribution in [0.4, 0.5) is 5.69 Å². The van der Waals surface area contributed by atoms with Gasteiger partial charge in [0.15, 0.2) is 0 Å². The van der Waals surface area contributed by atoms with Crippen molar-refractivity contribution in [2.24, 2.45) is 4.99 Å². The lowest BCUT2D eigenvalue weighted by molar-refractivity contribution is 0.0607. The highest BCUT2D eigenvalue weighted by atomic mass is 32.1. The van der Waals surface area contributed by atoms with Crippen LogP contribution < -0.4 is 5.48 Å². The summed E-state index contributed by atoms with van der Waals surface area (Å²) in [4.78, 5) is 16.9. The van der Waals surface area contributed by atoms with Gasteiger partial charge in [0.1, 0.15) is 11.2 Å². The number of hydrogen-bond donors (Lipinski definition) is 2. The van der Waals surface area contributed by atoms with Gasteiger partial charge in [0.05, 0.1) is 12.8 Å². The van der Waals surface area contributed by atoms with Crippen molar-refractivity contribution in [3.05, 3.63) is 41.3 Å². The third-order valence-corrected chi connectivity index (χ3v) is 3.56. The fourth-order valence-electron chi connectivity index (χ4n) is 1.56. The van der Waals surface area contributed by atoms with Crippen LogP contribution in [-0.2, 0) is 4.74 Å². The van der Waals surface area contributed by atoms with E-state index in [4.69, 9.17) is 9.94 Å². The molecule has 1 aromatic heterocycles. The Morgan fingerprint density at radius 2 is 2.16 bits per heavy atom. The summed E-state index contributed by atoms with van der Waals surface area (Å²) in [7, 11) is 1.32. The van der Waals surface area contributed by atoms with Crippen LogP contribution in [0.2, 0.25) is 0 Å². The second-order valence-corrected chi connectivity index (χ2v) is 4.62. The molecule has 0 aliphatic rings. The fourth-order valence-corrected chi connectivity index (χ4v) is 2.59. The Bertz CT molecular complexity index is 593. The van der Waals surface area contributed by atoms with Crippen molar-refractivity contribution in [2.45, 2.75) is 0 Å². The zero-order valence-electron chi connectivity index (χ0n) is 10.2. The first-order chi connectivity index (χ1) is 9.26. The van der Waals surface area contributed by atoms with Crippen molar-refractivity contribution in [1.82, 2.24) is 5.48 Å². The molecular formula is C13H12N2O3S. The quantitative estimate of drug-likeness (QED) is 0.390. The minimum absolute atomic E-state index is 0.396. The maximum Gasteiger partial charge on any atom is 0.350 e. The third kappa shape index (κ3) is 2.98. The molecule has 0 bridgehead atoms. The Labute approximate surface area is 114 Å². The number of hydrogen-bond acceptors (Lipinski definition) is 5. The highest BCUT2D eigenvalue weighted by Crippen LogP contribution is 2.36. The normalized spacial score (nSPS) is 10.6. The Morgan fingerprint density at radius 1 is 1.42 bits per heavy atom. The van der Waals surface area contributed by atoms with Crippen molar-refractivity contribution in [3.63, 3.8) is 0 Å². The van der Waals surface area contributed by atoms with Crippen molar-refractivity contribution in [3.8, 4) is 10.4 Å². The molecular weight excluding hydrogens is 264 g/mol. The fraction of sp³-hybridized carbons (Fsp3) is 0.0769. The van der Waals surface area contributed by atoms with Gasteiger partial charge in [-0.25, -0.2) is 9.79 Å². The highest BCUT2D eigenvalue weighted by molar-refractivity contribution is 7.18. The van der Waals surface area contributed by atoms with Gasteiger partial charge in [0.25, 0.3) is 0 Å². The number of carbonyl (C=O) groups excluding carboxylic acids is 1. The molecule has 0 fully saturated rings. The predicted molar refractivity (Wildman–Crippen MR) is 74.2 cm³/mol. The number of rotatable bonds is 4. The molecule has 0 aliphatic carbocycles. The van der Waals surface area contributed by atoms with Gasteiger partial charge in [0, 0.05) is 4.88 Å². The molecule has 2 rings (SSSR count). The van der Waals surface area contributed by atoms with Gasteiger partial charge in [-0.15, -0.1) is 11.3 Å². The molecule has 98 valence electrons. The number of nitrogens with one attached hydrogen (secondary N) is 1. The van der Waals surface area contributed by atoms with Gasteiger partial charge in [0.2, 0.25) is 0 Å². The Kier molecular flexibility index (Phi) is 4.27. The van der Waals surface area contributed by atoms with Crippen LogP contribution in [0, 0.1) is 0 Å². The van der Waals surface area contributed by atoms with Crippen LogP contribution in [0.1, 0.15) is 9.67 Å². The molecule has 6 heteroatoms. The molecule has 1 heterocycles. The minimum atomic E-state index is -0.447. The zero-order valence-corrected chi connectivity index (χ0v) is 11.0. The summed E-state index contributed by atoms with van der Waals surface area (Å²) in [5, 5.41) is 8.53. The van der Waals surface area contributed by atoms with Crippen LogP contribution in [0.25, 0.3) is 10.4 Å². The average molecular weight is 276 g/mol. The number of nitrogens with zero attached hydrogens (tertiary/aromatic N) is 1. The summed E-state index contributed by atoms with van der Waals surface area (Å²) in [6, 6.07) is 11.4. The summed E-state index contributed by atoms with van der Waals surface area (Å²) in [5.74, 6) is -0.447. The Hall–Kier alpha value is -2.18. The Balaban J connectivity index is 2.45. The van der Waals surface area contributed by atoms with E-state index in [1.54, 1.807) is 6.07 Å². The van der Waals surface area contributed by atoms with E-state index >= 15 is 0 Å². The lowest BCUT2D eigenvalue weighted by Gasteiger charge is -1.96. The number of esters is 1. The van der Waals surface area contributed by atoms with Gasteiger partial charge < -0.3 is 4.74 Å². The van der Waals surface area contributed by atoms with Crippen LogP contribution in [-0.4, -0.2) is 24.6 Å². The van der Waals surface area contributed by atoms with E-state index in [1.165, 1.54) is 18.4 Å². The lowest BCUT2D eigenvalue weighted by atomic mass is 10.2. The molecule has 0 atom stereocenters. The number of methoxy groups -OCH3 is 1. The summed E-state index contributed by atoms with van der Waals surface area (Å²) in [6.45, 7) is 0. The molecule has 0 radical (unpaired) electrons. The van der Waals surface area contributed by atoms with E-state index in [1.807, 2.05) is 35.8 Å². The monoisotopic (exact) mass is 276 g/mol. The smallest absolute Gasteiger partial charge is 0.350 e. The largest absolute Gasteiger partial charge is 0.465 e. The van der Waals surface area contributed by atoms with Crippen molar-refractivity contribution in [1.29, 1.82) is 0 Å². The van der Waals surface area contributed by atoms with Crippen LogP contribution in [0.5, 0.6) is 0 Å². The number of hydroxylamine groups is 1. The molecule has 0 saturated heterocycles. The molecule has 1 aromatic carbocycles. The summed E-state index contributed by atoms with van der Waals surface area (Å²) >= 11 is 1.30. The number of thiophene rings is 1. The van der Waals surface area contributed by atoms with Gasteiger partial charge in [-0.3, -0.25) is 10.7 Å². The average Bonchev–Trinajstić information content (AvgIpc) is 2.89. The van der Waals surface area contributed by atoms with Crippen LogP contribution >= 0.6 is 11.3 Å². The molecule has 0 saturated carbocycles. The van der Waals surface area contributed by atoms with E-state index in [9.17, 15) is 4.79 Å². The van der Waals surface area contributed by atoms with Crippen molar-refractivity contribution >= 4 is 29.3 Å². The first kappa shape index (κ1) is 13.3. The highest BCUT2D eigenvalue weighted by Gasteiger charge is 2.17. The molecule has 0 unspecified atom stereocenters. The summed E-state index contributed by atoms with van der Waals surface area (Å²) in [6.07, 6.45) is 1.10. The van der Waals surface area contributed by atoms with Crippen molar-refractivity contribution in [2.75, 3.05) is 7.11 Å². The predicted octanol–water partition coefficient (Wildman–Crippen LogP) is 2.84. The number of aliphatic imine (C=N–C) groups is 1. The summed E-state index contributed by atoms with van der Waals surface area (Å²) < 4.78 is 4.72. The molecule has 19 heavy (non-hydrogen) atoms. The van der Waals surface area contributed by atoms with Crippen LogP contribution in [0.3, 0.4) is 0 Å². The third-order valence-electron chi connectivity index (χ3n) is 2.40. The zero-order chi connectivity index (χ0) is 13.7. The standard InChI is InChI=1S/C13H12N2O3S/c1-18-13(16)12-10(14-8-15-17)7-11(19-12)9-5-3-2-4-6-9/h2-8,17H,1H3,(H,14,15). The Morgan fingerprint density at radius 3 is 2.79 bits per heavy atom. The lowest BCUT2D eigenvalue weighted by Crippen LogP contribution is -2.02. The first-order valence-electron chi connectivity index (χ1n) is 5.46. The number of carbonyl (C=O) groups is 1. The van der Waals surface area contributed by atoms with E-state index < -0.39 is 5.97 Å². The number of benzene rings is 1. The van der Waals surface area contributed by atoms with E-state index in [-0.39, 0.29) is 0 Å². The van der Waals surface area contributed by atoms with Gasteiger partial charge in [-0.2, -0.15) is 0 Å². The number of ether oxygens (including phenoxy) is 1. The topological polar surface area (TPSA) is 70.9 Å². The second-order valence-electron chi connectivity index (χ2n) is 3.57. The molecule has 2 N–H and O–H groups in total. The van der Waals surface area contributed by atoms with Crippen LogP contribution in [0.15, 0.2) is 41.4 Å². The van der Waals surface area contributed by atoms with E-state index in [2.05, 4.69) is 4.99 Å². The van der Waals surface area contributed by atoms with Crippen molar-refractivity contribution < 1.29 is 14.7 Å². The van der Waals surface area contributed by atoms with E-state index in [0.717, 1.165) is 16.8 Å². The first-order valence-corrected chi connectivity index (χ1v) is 6.27. The molecule has 0 spiro atoms. The second kappa shape index (κ2) is 6.12. The molecule has 0 aliphatic heterocycles. The summed E-state index contributed by atoms with van der Waals surface area (Å²) in [5.41, 5.74) is 3.26. The SMILES string of the molecule is COC(=O)c1sc(-c2ccccc2)cc1N=CNO. The minimum Gasteiger partial charge on any atom is -0.465 e. The molecule has 5 nitrogen and oxygen atoms in total. The maximum absolute atomic E-state index is 11.7.